The van der Waals surface area contributed by atoms with Gasteiger partial charge >= 0.3 is 0 Å². The summed E-state index contributed by atoms with van der Waals surface area (Å²) < 4.78 is 2.45. The molecule has 1 aromatic heterocycles. The van der Waals surface area contributed by atoms with Gasteiger partial charge in [0.15, 0.2) is 4.77 Å². The van der Waals surface area contributed by atoms with Crippen LogP contribution in [0.3, 0.4) is 0 Å². The Labute approximate surface area is 174 Å². The molecule has 0 spiro atoms. The monoisotopic (exact) mass is 406 g/mol. The van der Waals surface area contributed by atoms with E-state index in [0.29, 0.717) is 29.8 Å². The summed E-state index contributed by atoms with van der Waals surface area (Å²) >= 11 is 5.22. The highest BCUT2D eigenvalue weighted by molar-refractivity contribution is 7.71. The van der Waals surface area contributed by atoms with Gasteiger partial charge in [-0.25, -0.2) is 0 Å². The van der Waals surface area contributed by atoms with Crippen LogP contribution in [0.15, 0.2) is 60.9 Å². The topological polar surface area (TPSA) is 70.1 Å². The van der Waals surface area contributed by atoms with Crippen LogP contribution < -0.4 is 5.32 Å². The van der Waals surface area contributed by atoms with Crippen molar-refractivity contribution in [2.24, 2.45) is 0 Å². The number of likely N-dealkylation sites (tertiary alicyclic amines) is 1. The molecule has 2 amide bonds. The molecule has 4 rings (SSSR count). The van der Waals surface area contributed by atoms with Gasteiger partial charge in [-0.15, -0.1) is 0 Å². The predicted molar refractivity (Wildman–Crippen MR) is 113 cm³/mol. The van der Waals surface area contributed by atoms with Gasteiger partial charge in [0.05, 0.1) is 0 Å². The quantitative estimate of drug-likeness (QED) is 0.615. The lowest BCUT2D eigenvalue weighted by molar-refractivity contribution is -0.128. The fraction of sp³-hybridized carbons (Fsp3) is 0.227. The van der Waals surface area contributed by atoms with Gasteiger partial charge in [0.25, 0.3) is 5.91 Å². The van der Waals surface area contributed by atoms with Crippen molar-refractivity contribution in [3.63, 3.8) is 0 Å². The fourth-order valence-electron chi connectivity index (χ4n) is 3.51. The smallest absolute Gasteiger partial charge is 0.251 e. The third-order valence-corrected chi connectivity index (χ3v) is 5.36. The molecular formula is C22H22N4O2S. The van der Waals surface area contributed by atoms with Crippen LogP contribution in [0, 0.1) is 4.77 Å². The first-order valence-corrected chi connectivity index (χ1v) is 10.0. The van der Waals surface area contributed by atoms with E-state index in [-0.39, 0.29) is 11.8 Å². The van der Waals surface area contributed by atoms with E-state index in [1.54, 1.807) is 18.3 Å². The third-order valence-electron chi connectivity index (χ3n) is 5.05. The maximum absolute atomic E-state index is 12.5. The number of amides is 2. The number of aromatic nitrogens is 2. The molecule has 3 aromatic rings. The number of hydrogen-bond acceptors (Lipinski definition) is 3. The zero-order valence-corrected chi connectivity index (χ0v) is 16.7. The van der Waals surface area contributed by atoms with Crippen molar-refractivity contribution in [3.05, 3.63) is 82.4 Å². The van der Waals surface area contributed by atoms with Crippen molar-refractivity contribution in [2.45, 2.75) is 25.9 Å². The highest BCUT2D eigenvalue weighted by Crippen LogP contribution is 2.15. The van der Waals surface area contributed by atoms with E-state index < -0.39 is 0 Å². The summed E-state index contributed by atoms with van der Waals surface area (Å²) in [5.41, 5.74) is 3.59. The Morgan fingerprint density at radius 3 is 2.62 bits per heavy atom. The number of H-pyrrole nitrogens is 1. The van der Waals surface area contributed by atoms with Gasteiger partial charge < -0.3 is 15.2 Å². The van der Waals surface area contributed by atoms with Crippen LogP contribution in [0.4, 0.5) is 0 Å². The van der Waals surface area contributed by atoms with Gasteiger partial charge in [-0.3, -0.25) is 14.2 Å². The van der Waals surface area contributed by atoms with Gasteiger partial charge in [-0.05, 0) is 54.0 Å². The second-order valence-electron chi connectivity index (χ2n) is 7.10. The van der Waals surface area contributed by atoms with Crippen LogP contribution in [0.5, 0.6) is 0 Å². The van der Waals surface area contributed by atoms with Gasteiger partial charge in [-0.2, -0.15) is 0 Å². The number of hydrogen-bond donors (Lipinski definition) is 2. The van der Waals surface area contributed by atoms with Crippen molar-refractivity contribution in [2.75, 3.05) is 6.54 Å². The summed E-state index contributed by atoms with van der Waals surface area (Å²) in [6.07, 6.45) is 5.20. The van der Waals surface area contributed by atoms with Crippen LogP contribution in [-0.2, 0) is 17.9 Å². The summed E-state index contributed by atoms with van der Waals surface area (Å²) in [6.45, 7) is 1.89. The average Bonchev–Trinajstić information content (AvgIpc) is 3.35. The zero-order valence-electron chi connectivity index (χ0n) is 15.9. The van der Waals surface area contributed by atoms with E-state index in [1.165, 1.54) is 0 Å². The first-order valence-electron chi connectivity index (χ1n) is 9.60. The van der Waals surface area contributed by atoms with Gasteiger partial charge in [0.2, 0.25) is 5.91 Å². The molecule has 1 aliphatic heterocycles. The summed E-state index contributed by atoms with van der Waals surface area (Å²) in [7, 11) is 0. The highest BCUT2D eigenvalue weighted by Gasteiger charge is 2.19. The summed E-state index contributed by atoms with van der Waals surface area (Å²) in [5.74, 6) is 0.0856. The van der Waals surface area contributed by atoms with Gasteiger partial charge in [0, 0.05) is 49.7 Å². The lowest BCUT2D eigenvalue weighted by Crippen LogP contribution is -2.24. The Balaban J connectivity index is 1.37. The normalized spacial score (nSPS) is 13.7. The second-order valence-corrected chi connectivity index (χ2v) is 7.49. The van der Waals surface area contributed by atoms with Crippen molar-refractivity contribution >= 4 is 24.0 Å². The lowest BCUT2D eigenvalue weighted by atomic mass is 10.1. The first kappa shape index (κ1) is 19.1. The summed E-state index contributed by atoms with van der Waals surface area (Å²) in [6, 6.07) is 15.3. The van der Waals surface area contributed by atoms with Crippen LogP contribution in [0.1, 0.15) is 34.3 Å². The Hall–Kier alpha value is -3.19. The number of carbonyl (C=O) groups is 2. The maximum Gasteiger partial charge on any atom is 0.251 e. The number of aromatic amines is 1. The van der Waals surface area contributed by atoms with E-state index in [9.17, 15) is 9.59 Å². The minimum absolute atomic E-state index is 0.130. The Kier molecular flexibility index (Phi) is 5.57. The molecule has 2 aromatic carbocycles. The molecule has 0 saturated carbocycles. The standard InChI is InChI=1S/C22H22N4O2S/c27-20-5-2-11-25(20)15-17-4-1-3-16(13-17)14-24-21(28)18-6-8-19(9-7-18)26-12-10-23-22(26)29/h1,3-4,6-10,12-13H,2,5,11,14-15H2,(H,23,29)(H,24,28). The lowest BCUT2D eigenvalue weighted by Gasteiger charge is -2.16. The summed E-state index contributed by atoms with van der Waals surface area (Å²) in [5, 5.41) is 2.96. The largest absolute Gasteiger partial charge is 0.348 e. The Morgan fingerprint density at radius 2 is 1.93 bits per heavy atom. The molecule has 2 N–H and O–H groups in total. The van der Waals surface area contributed by atoms with Crippen LogP contribution in [-0.4, -0.2) is 32.8 Å². The molecular weight excluding hydrogens is 384 g/mol. The predicted octanol–water partition coefficient (Wildman–Crippen LogP) is 3.59. The van der Waals surface area contributed by atoms with E-state index in [0.717, 1.165) is 29.8 Å². The molecule has 0 radical (unpaired) electrons. The number of imidazole rings is 1. The van der Waals surface area contributed by atoms with Crippen molar-refractivity contribution in [1.82, 2.24) is 19.8 Å². The zero-order chi connectivity index (χ0) is 20.2. The Morgan fingerprint density at radius 1 is 1.14 bits per heavy atom. The molecule has 148 valence electrons. The van der Waals surface area contributed by atoms with Crippen molar-refractivity contribution in [3.8, 4) is 5.69 Å². The molecule has 6 nitrogen and oxygen atoms in total. The molecule has 7 heteroatoms. The molecule has 0 bridgehead atoms. The molecule has 0 atom stereocenters. The number of rotatable bonds is 6. The SMILES string of the molecule is O=C(NCc1cccc(CN2CCCC2=O)c1)c1ccc(-n2cc[nH]c2=S)cc1. The molecule has 1 aliphatic rings. The third kappa shape index (κ3) is 4.46. The fourth-order valence-corrected chi connectivity index (χ4v) is 3.75. The number of benzene rings is 2. The molecule has 1 saturated heterocycles. The van der Waals surface area contributed by atoms with Crippen LogP contribution in [0.25, 0.3) is 5.69 Å². The van der Waals surface area contributed by atoms with Crippen molar-refractivity contribution < 1.29 is 9.59 Å². The minimum Gasteiger partial charge on any atom is -0.348 e. The van der Waals surface area contributed by atoms with Crippen LogP contribution in [0.2, 0.25) is 0 Å². The van der Waals surface area contributed by atoms with Crippen LogP contribution >= 0.6 is 12.2 Å². The molecule has 0 aliphatic carbocycles. The van der Waals surface area contributed by atoms with Gasteiger partial charge in [-0.1, -0.05) is 24.3 Å². The van der Waals surface area contributed by atoms with E-state index in [4.69, 9.17) is 12.2 Å². The Bertz CT molecular complexity index is 1080. The average molecular weight is 407 g/mol. The number of nitrogens with one attached hydrogen (secondary N) is 2. The number of nitrogens with zero attached hydrogens (tertiary/aromatic N) is 2. The van der Waals surface area contributed by atoms with Gasteiger partial charge in [0.1, 0.15) is 0 Å². The first-order chi connectivity index (χ1) is 14.1. The number of carbonyl (C=O) groups excluding carboxylic acids is 2. The minimum atomic E-state index is -0.130. The van der Waals surface area contributed by atoms with E-state index in [1.807, 2.05) is 52.1 Å². The molecule has 29 heavy (non-hydrogen) atoms. The van der Waals surface area contributed by atoms with E-state index >= 15 is 0 Å². The van der Waals surface area contributed by atoms with E-state index in [2.05, 4.69) is 10.3 Å². The highest BCUT2D eigenvalue weighted by atomic mass is 32.1. The molecule has 0 unspecified atom stereocenters. The maximum atomic E-state index is 12.5. The summed E-state index contributed by atoms with van der Waals surface area (Å²) in [4.78, 5) is 29.1. The van der Waals surface area contributed by atoms with Crippen molar-refractivity contribution in [1.29, 1.82) is 0 Å². The molecule has 1 fully saturated rings. The molecule has 2 heterocycles. The second kappa shape index (κ2) is 8.45.